The number of ether oxygens (including phenoxy) is 1. The van der Waals surface area contributed by atoms with Crippen LogP contribution in [-0.4, -0.2) is 24.9 Å². The third-order valence-corrected chi connectivity index (χ3v) is 3.58. The first-order valence-electron chi connectivity index (χ1n) is 6.33. The normalized spacial score (nSPS) is 14.3. The van der Waals surface area contributed by atoms with Gasteiger partial charge < -0.3 is 15.2 Å². The lowest BCUT2D eigenvalue weighted by molar-refractivity contribution is 0.157. The summed E-state index contributed by atoms with van der Waals surface area (Å²) in [6.07, 6.45) is 1.58. The van der Waals surface area contributed by atoms with Gasteiger partial charge in [0, 0.05) is 12.6 Å². The highest BCUT2D eigenvalue weighted by Crippen LogP contribution is 2.27. The van der Waals surface area contributed by atoms with Crippen LogP contribution in [0.25, 0.3) is 0 Å². The van der Waals surface area contributed by atoms with Gasteiger partial charge in [-0.1, -0.05) is 19.4 Å². The van der Waals surface area contributed by atoms with Gasteiger partial charge in [-0.15, -0.1) is 0 Å². The molecule has 18 heavy (non-hydrogen) atoms. The van der Waals surface area contributed by atoms with Crippen LogP contribution in [0.2, 0.25) is 0 Å². The number of nitrogens with one attached hydrogen (secondary N) is 1. The van der Waals surface area contributed by atoms with E-state index in [9.17, 15) is 5.11 Å². The van der Waals surface area contributed by atoms with Gasteiger partial charge in [-0.05, 0) is 47.0 Å². The summed E-state index contributed by atoms with van der Waals surface area (Å²) in [4.78, 5) is 0. The third kappa shape index (κ3) is 4.59. The SMILES string of the molecule is CCCC(O)CNC(C)c1ccc(OC)c(Br)c1. The zero-order chi connectivity index (χ0) is 13.5. The molecule has 0 aliphatic heterocycles. The zero-order valence-electron chi connectivity index (χ0n) is 11.2. The fourth-order valence-corrected chi connectivity index (χ4v) is 2.38. The van der Waals surface area contributed by atoms with E-state index in [0.29, 0.717) is 6.54 Å². The molecule has 0 fully saturated rings. The van der Waals surface area contributed by atoms with Gasteiger partial charge >= 0.3 is 0 Å². The van der Waals surface area contributed by atoms with E-state index in [-0.39, 0.29) is 12.1 Å². The first kappa shape index (κ1) is 15.5. The third-order valence-electron chi connectivity index (χ3n) is 2.96. The topological polar surface area (TPSA) is 41.5 Å². The van der Waals surface area contributed by atoms with E-state index in [4.69, 9.17) is 4.74 Å². The van der Waals surface area contributed by atoms with E-state index in [1.807, 2.05) is 18.2 Å². The van der Waals surface area contributed by atoms with E-state index in [1.54, 1.807) is 7.11 Å². The maximum atomic E-state index is 9.69. The highest BCUT2D eigenvalue weighted by molar-refractivity contribution is 9.10. The van der Waals surface area contributed by atoms with E-state index in [1.165, 1.54) is 5.56 Å². The molecule has 102 valence electrons. The smallest absolute Gasteiger partial charge is 0.133 e. The number of hydrogen-bond acceptors (Lipinski definition) is 3. The Bertz CT molecular complexity index is 371. The molecule has 0 bridgehead atoms. The molecule has 0 radical (unpaired) electrons. The molecule has 0 spiro atoms. The van der Waals surface area contributed by atoms with E-state index < -0.39 is 0 Å². The Kier molecular flexibility index (Phi) is 6.68. The van der Waals surface area contributed by atoms with Crippen LogP contribution in [-0.2, 0) is 0 Å². The van der Waals surface area contributed by atoms with Crippen molar-refractivity contribution in [3.63, 3.8) is 0 Å². The fraction of sp³-hybridized carbons (Fsp3) is 0.571. The van der Waals surface area contributed by atoms with Crippen molar-refractivity contribution in [2.45, 2.75) is 38.8 Å². The molecule has 1 rings (SSSR count). The van der Waals surface area contributed by atoms with Crippen LogP contribution >= 0.6 is 15.9 Å². The van der Waals surface area contributed by atoms with Crippen molar-refractivity contribution < 1.29 is 9.84 Å². The molecule has 0 saturated carbocycles. The standard InChI is InChI=1S/C14H22BrNO2/c1-4-5-12(17)9-16-10(2)11-6-7-14(18-3)13(15)8-11/h6-8,10,12,16-17H,4-5,9H2,1-3H3. The van der Waals surface area contributed by atoms with Gasteiger partial charge in [0.1, 0.15) is 5.75 Å². The molecule has 4 heteroatoms. The van der Waals surface area contributed by atoms with Crippen molar-refractivity contribution in [1.29, 1.82) is 0 Å². The summed E-state index contributed by atoms with van der Waals surface area (Å²) in [6, 6.07) is 6.23. The van der Waals surface area contributed by atoms with Crippen molar-refractivity contribution in [3.05, 3.63) is 28.2 Å². The Hall–Kier alpha value is -0.580. The molecule has 0 aliphatic rings. The summed E-state index contributed by atoms with van der Waals surface area (Å²) in [5, 5.41) is 13.0. The number of benzene rings is 1. The number of aliphatic hydroxyl groups excluding tert-OH is 1. The predicted octanol–water partition coefficient (Wildman–Crippen LogP) is 3.27. The minimum absolute atomic E-state index is 0.207. The molecule has 3 nitrogen and oxygen atoms in total. The molecular formula is C14H22BrNO2. The second-order valence-electron chi connectivity index (χ2n) is 4.47. The molecule has 2 atom stereocenters. The fourth-order valence-electron chi connectivity index (χ4n) is 1.82. The van der Waals surface area contributed by atoms with Crippen LogP contribution in [0.5, 0.6) is 5.75 Å². The molecule has 0 heterocycles. The average molecular weight is 316 g/mol. The molecule has 2 unspecified atom stereocenters. The Morgan fingerprint density at radius 3 is 2.72 bits per heavy atom. The van der Waals surface area contributed by atoms with Crippen molar-refractivity contribution >= 4 is 15.9 Å². The van der Waals surface area contributed by atoms with Gasteiger partial charge in [0.05, 0.1) is 17.7 Å². The summed E-state index contributed by atoms with van der Waals surface area (Å²) in [5.74, 6) is 0.831. The molecule has 0 aromatic heterocycles. The maximum Gasteiger partial charge on any atom is 0.133 e. The monoisotopic (exact) mass is 315 g/mol. The number of methoxy groups -OCH3 is 1. The minimum Gasteiger partial charge on any atom is -0.496 e. The Labute approximate surface area is 118 Å². The lowest BCUT2D eigenvalue weighted by Gasteiger charge is -2.18. The maximum absolute atomic E-state index is 9.69. The Morgan fingerprint density at radius 2 is 2.17 bits per heavy atom. The molecule has 2 N–H and O–H groups in total. The molecule has 1 aromatic rings. The van der Waals surface area contributed by atoms with Gasteiger partial charge in [-0.2, -0.15) is 0 Å². The van der Waals surface area contributed by atoms with Crippen LogP contribution in [0.4, 0.5) is 0 Å². The first-order valence-corrected chi connectivity index (χ1v) is 7.12. The quantitative estimate of drug-likeness (QED) is 0.811. The molecule has 1 aromatic carbocycles. The lowest BCUT2D eigenvalue weighted by Crippen LogP contribution is -2.28. The summed E-state index contributed by atoms with van der Waals surface area (Å²) in [5.41, 5.74) is 1.17. The predicted molar refractivity (Wildman–Crippen MR) is 78.0 cm³/mol. The summed E-state index contributed by atoms with van der Waals surface area (Å²) < 4.78 is 6.15. The zero-order valence-corrected chi connectivity index (χ0v) is 12.8. The van der Waals surface area contributed by atoms with Crippen molar-refractivity contribution in [2.24, 2.45) is 0 Å². The minimum atomic E-state index is -0.265. The Morgan fingerprint density at radius 1 is 1.44 bits per heavy atom. The molecule has 0 saturated heterocycles. The average Bonchev–Trinajstić information content (AvgIpc) is 2.36. The van der Waals surface area contributed by atoms with E-state index >= 15 is 0 Å². The van der Waals surface area contributed by atoms with Crippen LogP contribution < -0.4 is 10.1 Å². The molecule has 0 aliphatic carbocycles. The van der Waals surface area contributed by atoms with Crippen molar-refractivity contribution in [2.75, 3.05) is 13.7 Å². The Balaban J connectivity index is 2.56. The largest absolute Gasteiger partial charge is 0.496 e. The second kappa shape index (κ2) is 7.77. The lowest BCUT2D eigenvalue weighted by atomic mass is 10.1. The van der Waals surface area contributed by atoms with Crippen LogP contribution in [0.1, 0.15) is 38.3 Å². The van der Waals surface area contributed by atoms with E-state index in [2.05, 4.69) is 35.1 Å². The summed E-state index contributed by atoms with van der Waals surface area (Å²) >= 11 is 3.48. The van der Waals surface area contributed by atoms with Crippen LogP contribution in [0.3, 0.4) is 0 Å². The highest BCUT2D eigenvalue weighted by Gasteiger charge is 2.10. The van der Waals surface area contributed by atoms with Gasteiger partial charge in [-0.25, -0.2) is 0 Å². The van der Waals surface area contributed by atoms with Crippen LogP contribution in [0, 0.1) is 0 Å². The van der Waals surface area contributed by atoms with E-state index in [0.717, 1.165) is 23.1 Å². The molecular weight excluding hydrogens is 294 g/mol. The summed E-state index contributed by atoms with van der Waals surface area (Å²) in [7, 11) is 1.66. The summed E-state index contributed by atoms with van der Waals surface area (Å²) in [6.45, 7) is 4.79. The number of rotatable bonds is 7. The number of aliphatic hydroxyl groups is 1. The number of hydrogen-bond donors (Lipinski definition) is 2. The number of halogens is 1. The van der Waals surface area contributed by atoms with Gasteiger partial charge in [0.2, 0.25) is 0 Å². The second-order valence-corrected chi connectivity index (χ2v) is 5.32. The van der Waals surface area contributed by atoms with Crippen molar-refractivity contribution in [1.82, 2.24) is 5.32 Å². The first-order chi connectivity index (χ1) is 8.58. The highest BCUT2D eigenvalue weighted by atomic mass is 79.9. The van der Waals surface area contributed by atoms with Crippen LogP contribution in [0.15, 0.2) is 22.7 Å². The molecule has 0 amide bonds. The van der Waals surface area contributed by atoms with Crippen molar-refractivity contribution in [3.8, 4) is 5.75 Å². The van der Waals surface area contributed by atoms with Gasteiger partial charge in [-0.3, -0.25) is 0 Å². The van der Waals surface area contributed by atoms with Gasteiger partial charge in [0.25, 0.3) is 0 Å². The van der Waals surface area contributed by atoms with Gasteiger partial charge in [0.15, 0.2) is 0 Å².